The van der Waals surface area contributed by atoms with Crippen LogP contribution in [0.2, 0.25) is 0 Å². The lowest BCUT2D eigenvalue weighted by Crippen LogP contribution is -2.39. The molecule has 0 radical (unpaired) electrons. The van der Waals surface area contributed by atoms with Crippen LogP contribution in [0.3, 0.4) is 0 Å². The highest BCUT2D eigenvalue weighted by Crippen LogP contribution is 1.96. The van der Waals surface area contributed by atoms with Gasteiger partial charge in [0.05, 0.1) is 0 Å². The number of amides is 2. The summed E-state index contributed by atoms with van der Waals surface area (Å²) in [6, 6.07) is 0.124. The second kappa shape index (κ2) is 5.86. The molecule has 72 valence electrons. The number of hydrogen-bond acceptors (Lipinski definition) is 1. The van der Waals surface area contributed by atoms with Gasteiger partial charge in [0.2, 0.25) is 0 Å². The molecule has 3 nitrogen and oxygen atoms in total. The van der Waals surface area contributed by atoms with Gasteiger partial charge in [-0.15, -0.1) is 0 Å². The van der Waals surface area contributed by atoms with E-state index in [4.69, 9.17) is 0 Å². The molecule has 0 bridgehead atoms. The first-order valence-electron chi connectivity index (χ1n) is 4.59. The van der Waals surface area contributed by atoms with Crippen molar-refractivity contribution in [2.45, 2.75) is 26.7 Å². The molecule has 0 aliphatic carbocycles. The molecule has 0 unspecified atom stereocenters. The molecule has 0 aliphatic heterocycles. The van der Waals surface area contributed by atoms with Crippen molar-refractivity contribution < 1.29 is 4.79 Å². The number of nitrogens with zero attached hydrogens (tertiary/aromatic N) is 2. The molecule has 0 aromatic carbocycles. The van der Waals surface area contributed by atoms with E-state index in [-0.39, 0.29) is 6.03 Å². The van der Waals surface area contributed by atoms with Crippen molar-refractivity contribution in [3.63, 3.8) is 0 Å². The quantitative estimate of drug-likeness (QED) is 0.634. The lowest BCUT2D eigenvalue weighted by Gasteiger charge is -2.23. The van der Waals surface area contributed by atoms with Crippen molar-refractivity contribution in [2.24, 2.45) is 0 Å². The van der Waals surface area contributed by atoms with Crippen LogP contribution in [0.25, 0.3) is 0 Å². The molecule has 0 fully saturated rings. The zero-order chi connectivity index (χ0) is 9.56. The molecule has 0 saturated carbocycles. The van der Waals surface area contributed by atoms with E-state index in [2.05, 4.69) is 13.8 Å². The lowest BCUT2D eigenvalue weighted by atomic mass is 10.4. The van der Waals surface area contributed by atoms with E-state index >= 15 is 0 Å². The van der Waals surface area contributed by atoms with E-state index in [0.717, 1.165) is 25.9 Å². The molecule has 0 aliphatic rings. The molecule has 0 heterocycles. The van der Waals surface area contributed by atoms with Crippen molar-refractivity contribution in [1.29, 1.82) is 0 Å². The van der Waals surface area contributed by atoms with Gasteiger partial charge in [-0.05, 0) is 12.8 Å². The van der Waals surface area contributed by atoms with Gasteiger partial charge >= 0.3 is 6.03 Å². The van der Waals surface area contributed by atoms with Crippen LogP contribution < -0.4 is 0 Å². The van der Waals surface area contributed by atoms with Gasteiger partial charge in [-0.1, -0.05) is 13.8 Å². The second-order valence-corrected chi connectivity index (χ2v) is 3.13. The van der Waals surface area contributed by atoms with E-state index in [1.165, 1.54) is 0 Å². The highest BCUT2D eigenvalue weighted by molar-refractivity contribution is 5.73. The minimum Gasteiger partial charge on any atom is -0.328 e. The lowest BCUT2D eigenvalue weighted by molar-refractivity contribution is 0.173. The fourth-order valence-corrected chi connectivity index (χ4v) is 1.15. The Balaban J connectivity index is 3.82. The topological polar surface area (TPSA) is 23.6 Å². The Bertz CT molecular complexity index is 122. The number of hydrogen-bond donors (Lipinski definition) is 0. The molecule has 0 spiro atoms. The number of urea groups is 1. The first kappa shape index (κ1) is 11.3. The van der Waals surface area contributed by atoms with Gasteiger partial charge in [0, 0.05) is 27.2 Å². The molecule has 0 rings (SSSR count). The van der Waals surface area contributed by atoms with Gasteiger partial charge in [0.25, 0.3) is 0 Å². The summed E-state index contributed by atoms with van der Waals surface area (Å²) < 4.78 is 0. The zero-order valence-corrected chi connectivity index (χ0v) is 8.63. The summed E-state index contributed by atoms with van der Waals surface area (Å²) >= 11 is 0. The summed E-state index contributed by atoms with van der Waals surface area (Å²) in [5.41, 5.74) is 0. The van der Waals surface area contributed by atoms with Crippen LogP contribution in [0, 0.1) is 0 Å². The smallest absolute Gasteiger partial charge is 0.319 e. The number of carbonyl (C=O) groups excluding carboxylic acids is 1. The first-order chi connectivity index (χ1) is 5.63. The summed E-state index contributed by atoms with van der Waals surface area (Å²) in [6.07, 6.45) is 2.03. The summed E-state index contributed by atoms with van der Waals surface area (Å²) in [5.74, 6) is 0. The summed E-state index contributed by atoms with van der Waals surface area (Å²) in [4.78, 5) is 15.0. The minimum atomic E-state index is 0.124. The third kappa shape index (κ3) is 3.60. The Labute approximate surface area is 75.3 Å². The Morgan fingerprint density at radius 2 is 1.33 bits per heavy atom. The highest BCUT2D eigenvalue weighted by Gasteiger charge is 2.11. The van der Waals surface area contributed by atoms with Crippen LogP contribution in [0.4, 0.5) is 4.79 Å². The Morgan fingerprint density at radius 1 is 1.00 bits per heavy atom. The van der Waals surface area contributed by atoms with Crippen molar-refractivity contribution in [1.82, 2.24) is 9.80 Å². The predicted molar refractivity (Wildman–Crippen MR) is 51.2 cm³/mol. The second-order valence-electron chi connectivity index (χ2n) is 3.13. The summed E-state index contributed by atoms with van der Waals surface area (Å²) in [7, 11) is 3.69. The van der Waals surface area contributed by atoms with E-state index in [0.29, 0.717) is 0 Å². The van der Waals surface area contributed by atoms with Gasteiger partial charge in [0.1, 0.15) is 0 Å². The number of carbonyl (C=O) groups is 1. The monoisotopic (exact) mass is 172 g/mol. The van der Waals surface area contributed by atoms with Gasteiger partial charge in [0.15, 0.2) is 0 Å². The first-order valence-corrected chi connectivity index (χ1v) is 4.59. The van der Waals surface area contributed by atoms with Gasteiger partial charge < -0.3 is 9.80 Å². The molecule has 0 aromatic heterocycles. The van der Waals surface area contributed by atoms with E-state index < -0.39 is 0 Å². The van der Waals surface area contributed by atoms with Crippen LogP contribution in [0.1, 0.15) is 26.7 Å². The van der Waals surface area contributed by atoms with Gasteiger partial charge in [-0.3, -0.25) is 0 Å². The molecule has 0 atom stereocenters. The standard InChI is InChI=1S/C9H20N2O/c1-5-7-10(3)9(12)11(4)8-6-2/h5-8H2,1-4H3. The summed E-state index contributed by atoms with van der Waals surface area (Å²) in [6.45, 7) is 5.83. The Kier molecular flexibility index (Phi) is 5.51. The van der Waals surface area contributed by atoms with Crippen molar-refractivity contribution in [3.8, 4) is 0 Å². The molecule has 0 aromatic rings. The number of rotatable bonds is 4. The average molecular weight is 172 g/mol. The van der Waals surface area contributed by atoms with Crippen LogP contribution in [-0.2, 0) is 0 Å². The molecule has 3 heteroatoms. The fraction of sp³-hybridized carbons (Fsp3) is 0.889. The molecule has 0 saturated heterocycles. The van der Waals surface area contributed by atoms with E-state index in [1.54, 1.807) is 9.80 Å². The van der Waals surface area contributed by atoms with E-state index in [1.807, 2.05) is 14.1 Å². The largest absolute Gasteiger partial charge is 0.328 e. The third-order valence-electron chi connectivity index (χ3n) is 1.77. The van der Waals surface area contributed by atoms with Gasteiger partial charge in [-0.2, -0.15) is 0 Å². The minimum absolute atomic E-state index is 0.124. The Hall–Kier alpha value is -0.730. The SMILES string of the molecule is CCCN(C)C(=O)N(C)CCC. The van der Waals surface area contributed by atoms with Crippen LogP contribution in [0.15, 0.2) is 0 Å². The average Bonchev–Trinajstić information content (AvgIpc) is 2.04. The van der Waals surface area contributed by atoms with Crippen molar-refractivity contribution >= 4 is 6.03 Å². The van der Waals surface area contributed by atoms with Crippen LogP contribution in [-0.4, -0.2) is 43.0 Å². The van der Waals surface area contributed by atoms with Crippen LogP contribution in [0.5, 0.6) is 0 Å². The normalized spacial score (nSPS) is 9.67. The Morgan fingerprint density at radius 3 is 1.58 bits per heavy atom. The van der Waals surface area contributed by atoms with Crippen molar-refractivity contribution in [2.75, 3.05) is 27.2 Å². The maximum absolute atomic E-state index is 11.5. The molecule has 2 amide bonds. The summed E-state index contributed by atoms with van der Waals surface area (Å²) in [5, 5.41) is 0. The van der Waals surface area contributed by atoms with Crippen molar-refractivity contribution in [3.05, 3.63) is 0 Å². The third-order valence-corrected chi connectivity index (χ3v) is 1.77. The van der Waals surface area contributed by atoms with Gasteiger partial charge in [-0.25, -0.2) is 4.79 Å². The molecule has 12 heavy (non-hydrogen) atoms. The maximum atomic E-state index is 11.5. The van der Waals surface area contributed by atoms with E-state index in [9.17, 15) is 4.79 Å². The fourth-order valence-electron chi connectivity index (χ4n) is 1.15. The molecular formula is C9H20N2O. The highest BCUT2D eigenvalue weighted by atomic mass is 16.2. The molecule has 0 N–H and O–H groups in total. The van der Waals surface area contributed by atoms with Crippen LogP contribution >= 0.6 is 0 Å². The zero-order valence-electron chi connectivity index (χ0n) is 8.63. The maximum Gasteiger partial charge on any atom is 0.319 e. The molecular weight excluding hydrogens is 152 g/mol. The predicted octanol–water partition coefficient (Wildman–Crippen LogP) is 1.79.